The van der Waals surface area contributed by atoms with E-state index in [0.717, 1.165) is 22.5 Å². The molecular weight excluding hydrogens is 331 g/mol. The number of nitrogens with zero attached hydrogens (tertiary/aromatic N) is 3. The fourth-order valence-corrected chi connectivity index (χ4v) is 3.33. The summed E-state index contributed by atoms with van der Waals surface area (Å²) in [5.41, 5.74) is 4.41. The third kappa shape index (κ3) is 2.74. The molecule has 5 nitrogen and oxygen atoms in total. The van der Waals surface area contributed by atoms with Gasteiger partial charge < -0.3 is 9.88 Å². The fourth-order valence-electron chi connectivity index (χ4n) is 3.33. The third-order valence-corrected chi connectivity index (χ3v) is 4.57. The molecule has 0 spiro atoms. The van der Waals surface area contributed by atoms with Crippen molar-refractivity contribution in [2.45, 2.75) is 13.0 Å². The number of carbonyl (C=O) groups is 1. The Labute approximate surface area is 149 Å². The Bertz CT molecular complexity index is 1030. The lowest BCUT2D eigenvalue weighted by Gasteiger charge is -2.18. The highest BCUT2D eigenvalue weighted by atomic mass is 19.1. The molecule has 0 radical (unpaired) electrons. The van der Waals surface area contributed by atoms with Gasteiger partial charge in [0, 0.05) is 48.9 Å². The van der Waals surface area contributed by atoms with Gasteiger partial charge in [-0.15, -0.1) is 0 Å². The zero-order chi connectivity index (χ0) is 18.1. The zero-order valence-corrected chi connectivity index (χ0v) is 13.9. The molecule has 1 aliphatic rings. The molecule has 1 amide bonds. The van der Waals surface area contributed by atoms with Crippen LogP contribution >= 0.6 is 0 Å². The Balaban J connectivity index is 1.88. The maximum absolute atomic E-state index is 13.5. The molecule has 0 aliphatic carbocycles. The highest BCUT2D eigenvalue weighted by Crippen LogP contribution is 2.31. The maximum Gasteiger partial charge on any atom is 0.253 e. The number of pyridine rings is 1. The highest BCUT2D eigenvalue weighted by Gasteiger charge is 2.24. The number of halogens is 1. The van der Waals surface area contributed by atoms with Crippen LogP contribution in [0.15, 0.2) is 48.8 Å². The quantitative estimate of drug-likeness (QED) is 0.737. The smallest absolute Gasteiger partial charge is 0.253 e. The van der Waals surface area contributed by atoms with E-state index in [9.17, 15) is 9.18 Å². The summed E-state index contributed by atoms with van der Waals surface area (Å²) in [5, 5.41) is 2.86. The predicted molar refractivity (Wildman–Crippen MR) is 95.5 cm³/mol. The van der Waals surface area contributed by atoms with Gasteiger partial charge in [0.2, 0.25) is 0 Å². The van der Waals surface area contributed by atoms with Crippen LogP contribution in [0.5, 0.6) is 0 Å². The fraction of sp³-hybridized carbons (Fsp3) is 0.150. The van der Waals surface area contributed by atoms with Crippen LogP contribution in [0.3, 0.4) is 0 Å². The van der Waals surface area contributed by atoms with Crippen LogP contribution in [-0.2, 0) is 13.0 Å². The van der Waals surface area contributed by atoms with Gasteiger partial charge in [-0.25, -0.2) is 9.24 Å². The number of carbonyl (C=O) groups excluding carboxylic acids is 1. The summed E-state index contributed by atoms with van der Waals surface area (Å²) < 4.78 is 15.5. The number of hydrogen-bond acceptors (Lipinski definition) is 2. The van der Waals surface area contributed by atoms with Crippen molar-refractivity contribution in [3.8, 4) is 11.3 Å². The molecule has 0 atom stereocenters. The summed E-state index contributed by atoms with van der Waals surface area (Å²) in [4.78, 5) is 19.8. The number of benzene rings is 1. The first-order chi connectivity index (χ1) is 12.7. The summed E-state index contributed by atoms with van der Waals surface area (Å²) in [5.74, 6) is -0.521. The topological polar surface area (TPSA) is 51.3 Å². The average molecular weight is 346 g/mol. The monoisotopic (exact) mass is 346 g/mol. The minimum atomic E-state index is -0.428. The SMILES string of the molecule is [C-]#[N+]c1cc(F)ccc1Cn1c(-c2ccncc2)cc2c1CCNC2=O. The summed E-state index contributed by atoms with van der Waals surface area (Å²) in [7, 11) is 0. The van der Waals surface area contributed by atoms with Crippen molar-refractivity contribution < 1.29 is 9.18 Å². The molecule has 4 rings (SSSR count). The molecule has 0 unspecified atom stereocenters. The number of rotatable bonds is 3. The second kappa shape index (κ2) is 6.45. The van der Waals surface area contributed by atoms with E-state index in [4.69, 9.17) is 6.57 Å². The average Bonchev–Trinajstić information content (AvgIpc) is 3.04. The summed E-state index contributed by atoms with van der Waals surface area (Å²) in [6, 6.07) is 9.88. The van der Waals surface area contributed by atoms with Gasteiger partial charge in [-0.3, -0.25) is 9.78 Å². The third-order valence-electron chi connectivity index (χ3n) is 4.57. The first kappa shape index (κ1) is 16.0. The van der Waals surface area contributed by atoms with E-state index in [-0.39, 0.29) is 11.6 Å². The maximum atomic E-state index is 13.5. The van der Waals surface area contributed by atoms with E-state index in [0.29, 0.717) is 25.1 Å². The standard InChI is InChI=1S/C20H15FN4O/c1-22-17-10-15(21)3-2-14(17)12-25-18-6-9-24-20(26)16(18)11-19(25)13-4-7-23-8-5-13/h2-5,7-8,10-11H,6,9,12H2,(H,24,26). The van der Waals surface area contributed by atoms with Crippen molar-refractivity contribution in [3.05, 3.63) is 82.8 Å². The molecule has 128 valence electrons. The summed E-state index contributed by atoms with van der Waals surface area (Å²) in [6.45, 7) is 8.30. The lowest BCUT2D eigenvalue weighted by atomic mass is 10.1. The molecule has 3 heterocycles. The number of fused-ring (bicyclic) bond motifs is 1. The Morgan fingerprint density at radius 3 is 2.81 bits per heavy atom. The normalized spacial score (nSPS) is 13.0. The molecule has 0 bridgehead atoms. The van der Waals surface area contributed by atoms with E-state index < -0.39 is 5.82 Å². The van der Waals surface area contributed by atoms with Gasteiger partial charge in [-0.1, -0.05) is 6.07 Å². The van der Waals surface area contributed by atoms with Gasteiger partial charge in [0.15, 0.2) is 5.69 Å². The Morgan fingerprint density at radius 2 is 2.04 bits per heavy atom. The molecule has 1 aromatic carbocycles. The van der Waals surface area contributed by atoms with E-state index in [1.165, 1.54) is 12.1 Å². The number of amides is 1. The molecule has 1 aliphatic heterocycles. The van der Waals surface area contributed by atoms with E-state index in [1.807, 2.05) is 22.8 Å². The van der Waals surface area contributed by atoms with Crippen LogP contribution in [0.2, 0.25) is 0 Å². The van der Waals surface area contributed by atoms with E-state index >= 15 is 0 Å². The van der Waals surface area contributed by atoms with Crippen LogP contribution in [0.1, 0.15) is 21.6 Å². The summed E-state index contributed by atoms with van der Waals surface area (Å²) >= 11 is 0. The van der Waals surface area contributed by atoms with E-state index in [1.54, 1.807) is 18.5 Å². The van der Waals surface area contributed by atoms with Gasteiger partial charge in [-0.05, 0) is 35.9 Å². The summed E-state index contributed by atoms with van der Waals surface area (Å²) in [6.07, 6.45) is 4.11. The van der Waals surface area contributed by atoms with Crippen molar-refractivity contribution in [1.29, 1.82) is 0 Å². The van der Waals surface area contributed by atoms with Crippen LogP contribution in [0.4, 0.5) is 10.1 Å². The van der Waals surface area contributed by atoms with Crippen LogP contribution in [0, 0.1) is 12.4 Å². The van der Waals surface area contributed by atoms with Gasteiger partial charge in [0.1, 0.15) is 5.82 Å². The molecule has 0 saturated carbocycles. The van der Waals surface area contributed by atoms with Gasteiger partial charge in [-0.2, -0.15) is 0 Å². The number of aromatic nitrogens is 2. The lowest BCUT2D eigenvalue weighted by molar-refractivity contribution is 0.0945. The Hall–Kier alpha value is -3.46. The molecule has 2 aromatic heterocycles. The highest BCUT2D eigenvalue weighted by molar-refractivity contribution is 5.98. The second-order valence-corrected chi connectivity index (χ2v) is 6.10. The van der Waals surface area contributed by atoms with Crippen LogP contribution in [-0.4, -0.2) is 22.0 Å². The number of hydrogen-bond donors (Lipinski definition) is 1. The molecular formula is C20H15FN4O. The van der Waals surface area contributed by atoms with Crippen molar-refractivity contribution in [1.82, 2.24) is 14.9 Å². The van der Waals surface area contributed by atoms with Crippen molar-refractivity contribution in [3.63, 3.8) is 0 Å². The molecule has 26 heavy (non-hydrogen) atoms. The van der Waals surface area contributed by atoms with Crippen molar-refractivity contribution in [2.75, 3.05) is 6.54 Å². The minimum absolute atomic E-state index is 0.0928. The zero-order valence-electron chi connectivity index (χ0n) is 13.9. The second-order valence-electron chi connectivity index (χ2n) is 6.10. The first-order valence-electron chi connectivity index (χ1n) is 8.24. The predicted octanol–water partition coefficient (Wildman–Crippen LogP) is 3.57. The minimum Gasteiger partial charge on any atom is -0.352 e. The van der Waals surface area contributed by atoms with E-state index in [2.05, 4.69) is 15.1 Å². The lowest BCUT2D eigenvalue weighted by Crippen LogP contribution is -2.32. The molecule has 3 aromatic rings. The van der Waals surface area contributed by atoms with Gasteiger partial charge >= 0.3 is 0 Å². The number of nitrogens with one attached hydrogen (secondary N) is 1. The van der Waals surface area contributed by atoms with Crippen molar-refractivity contribution >= 4 is 11.6 Å². The largest absolute Gasteiger partial charge is 0.352 e. The van der Waals surface area contributed by atoms with Gasteiger partial charge in [0.05, 0.1) is 12.1 Å². The first-order valence-corrected chi connectivity index (χ1v) is 8.24. The van der Waals surface area contributed by atoms with Crippen molar-refractivity contribution in [2.24, 2.45) is 0 Å². The molecule has 0 saturated heterocycles. The molecule has 1 N–H and O–H groups in total. The molecule has 0 fully saturated rings. The Morgan fingerprint density at radius 1 is 1.23 bits per heavy atom. The van der Waals surface area contributed by atoms with Gasteiger partial charge in [0.25, 0.3) is 5.91 Å². The van der Waals surface area contributed by atoms with Crippen LogP contribution < -0.4 is 5.32 Å². The van der Waals surface area contributed by atoms with Crippen LogP contribution in [0.25, 0.3) is 16.1 Å². The Kier molecular flexibility index (Phi) is 3.98. The molecule has 6 heteroatoms.